The summed E-state index contributed by atoms with van der Waals surface area (Å²) in [6.45, 7) is 6.25. The van der Waals surface area contributed by atoms with Crippen LogP contribution in [0.3, 0.4) is 0 Å². The topological polar surface area (TPSA) is 105 Å². The van der Waals surface area contributed by atoms with E-state index in [4.69, 9.17) is 20.0 Å². The monoisotopic (exact) mass is 728 g/mol. The van der Waals surface area contributed by atoms with Crippen molar-refractivity contribution in [2.45, 2.75) is 58.5 Å². The van der Waals surface area contributed by atoms with E-state index in [-0.39, 0.29) is 18.6 Å². The molecule has 2 heterocycles. The molecule has 0 saturated carbocycles. The molecule has 0 amide bonds. The molecular formula is C46H44N6O3. The lowest BCUT2D eigenvalue weighted by molar-refractivity contribution is -0.142. The van der Waals surface area contributed by atoms with E-state index in [0.29, 0.717) is 30.0 Å². The third kappa shape index (κ3) is 7.38. The van der Waals surface area contributed by atoms with Crippen molar-refractivity contribution in [3.05, 3.63) is 189 Å². The predicted octanol–water partition coefficient (Wildman–Crippen LogP) is 8.21. The third-order valence-electron chi connectivity index (χ3n) is 10.1. The number of ether oxygens (including phenoxy) is 1. The third-order valence-corrected chi connectivity index (χ3v) is 10.1. The van der Waals surface area contributed by atoms with Gasteiger partial charge in [-0.05, 0) is 64.1 Å². The second kappa shape index (κ2) is 16.7. The maximum Gasteiger partial charge on any atom is 0.310 e. The molecule has 276 valence electrons. The van der Waals surface area contributed by atoms with Crippen molar-refractivity contribution in [2.75, 3.05) is 6.61 Å². The van der Waals surface area contributed by atoms with E-state index in [1.165, 1.54) is 0 Å². The molecule has 0 radical (unpaired) electrons. The van der Waals surface area contributed by atoms with E-state index < -0.39 is 11.5 Å². The smallest absolute Gasteiger partial charge is 0.310 e. The minimum Gasteiger partial charge on any atom is -0.466 e. The molecule has 0 fully saturated rings. The molecule has 0 aliphatic rings. The highest BCUT2D eigenvalue weighted by molar-refractivity contribution is 5.81. The molecule has 7 rings (SSSR count). The number of aryl methyl sites for hydroxylation is 2. The zero-order chi connectivity index (χ0) is 38.2. The van der Waals surface area contributed by atoms with E-state index in [0.717, 1.165) is 57.6 Å². The Balaban J connectivity index is 1.31. The zero-order valence-electron chi connectivity index (χ0n) is 31.4. The summed E-state index contributed by atoms with van der Waals surface area (Å²) in [4.78, 5) is 31.1. The van der Waals surface area contributed by atoms with Crippen molar-refractivity contribution in [3.63, 3.8) is 0 Å². The molecule has 7 aromatic rings. The number of benzene rings is 5. The number of rotatable bonds is 14. The first-order chi connectivity index (χ1) is 26.9. The lowest BCUT2D eigenvalue weighted by atomic mass is 9.77. The average Bonchev–Trinajstić information content (AvgIpc) is 3.72. The number of tetrazole rings is 1. The number of unbranched alkanes of at least 4 members (excludes halogenated alkanes) is 1. The van der Waals surface area contributed by atoms with Crippen LogP contribution in [0.1, 0.15) is 66.0 Å². The van der Waals surface area contributed by atoms with Crippen LogP contribution in [0.5, 0.6) is 0 Å². The Labute approximate surface area is 321 Å². The van der Waals surface area contributed by atoms with E-state index >= 15 is 0 Å². The summed E-state index contributed by atoms with van der Waals surface area (Å²) < 4.78 is 8.83. The minimum atomic E-state index is -0.892. The Morgan fingerprint density at radius 2 is 1.29 bits per heavy atom. The SMILES string of the molecule is CCCCc1nc(C)c(CC(=O)OCC)c(=O)n1Cc1ccc(-c2ccccc2-c2nnnn2C(c2ccccc2)(c2ccccc2)c2ccccc2)cc1. The Hall–Kier alpha value is -6.48. The van der Waals surface area contributed by atoms with E-state index in [9.17, 15) is 9.59 Å². The highest BCUT2D eigenvalue weighted by Crippen LogP contribution is 2.43. The van der Waals surface area contributed by atoms with Crippen LogP contribution in [-0.4, -0.2) is 42.3 Å². The molecule has 9 nitrogen and oxygen atoms in total. The maximum atomic E-state index is 13.9. The van der Waals surface area contributed by atoms with Gasteiger partial charge in [0.05, 0.1) is 19.6 Å². The van der Waals surface area contributed by atoms with Gasteiger partial charge in [-0.3, -0.25) is 14.2 Å². The Bertz CT molecular complexity index is 2330. The summed E-state index contributed by atoms with van der Waals surface area (Å²) in [5, 5.41) is 13.8. The summed E-state index contributed by atoms with van der Waals surface area (Å²) in [6, 6.07) is 47.4. The van der Waals surface area contributed by atoms with Gasteiger partial charge >= 0.3 is 5.97 Å². The zero-order valence-corrected chi connectivity index (χ0v) is 31.4. The van der Waals surface area contributed by atoms with E-state index in [2.05, 4.69) is 72.8 Å². The van der Waals surface area contributed by atoms with Crippen LogP contribution in [0.15, 0.2) is 144 Å². The van der Waals surface area contributed by atoms with Crippen molar-refractivity contribution in [1.82, 2.24) is 29.8 Å². The van der Waals surface area contributed by atoms with Crippen molar-refractivity contribution in [1.29, 1.82) is 0 Å². The van der Waals surface area contributed by atoms with Crippen LogP contribution in [-0.2, 0) is 34.5 Å². The number of aromatic nitrogens is 6. The van der Waals surface area contributed by atoms with Gasteiger partial charge in [0, 0.05) is 23.2 Å². The molecule has 9 heteroatoms. The number of esters is 1. The minimum absolute atomic E-state index is 0.102. The molecule has 5 aromatic carbocycles. The summed E-state index contributed by atoms with van der Waals surface area (Å²) in [7, 11) is 0. The first-order valence-electron chi connectivity index (χ1n) is 18.8. The molecule has 0 unspecified atom stereocenters. The van der Waals surface area contributed by atoms with Crippen molar-refractivity contribution in [3.8, 4) is 22.5 Å². The first kappa shape index (κ1) is 36.9. The fraction of sp³-hybridized carbons (Fsp3) is 0.217. The van der Waals surface area contributed by atoms with E-state index in [1.54, 1.807) is 18.4 Å². The van der Waals surface area contributed by atoms with Crippen LogP contribution in [0.2, 0.25) is 0 Å². The molecule has 0 spiro atoms. The number of hydrogen-bond acceptors (Lipinski definition) is 7. The number of nitrogens with zero attached hydrogens (tertiary/aromatic N) is 6. The van der Waals surface area contributed by atoms with Gasteiger partial charge in [-0.25, -0.2) is 9.67 Å². The van der Waals surface area contributed by atoms with Crippen molar-refractivity contribution >= 4 is 5.97 Å². The van der Waals surface area contributed by atoms with Gasteiger partial charge in [0.25, 0.3) is 5.56 Å². The average molecular weight is 729 g/mol. The van der Waals surface area contributed by atoms with Gasteiger partial charge in [0.2, 0.25) is 0 Å². The fourth-order valence-corrected chi connectivity index (χ4v) is 7.39. The fourth-order valence-electron chi connectivity index (χ4n) is 7.39. The molecule has 0 aliphatic heterocycles. The molecule has 0 saturated heterocycles. The van der Waals surface area contributed by atoms with Gasteiger partial charge < -0.3 is 4.74 Å². The maximum absolute atomic E-state index is 13.9. The molecule has 0 N–H and O–H groups in total. The van der Waals surface area contributed by atoms with Crippen molar-refractivity contribution < 1.29 is 9.53 Å². The van der Waals surface area contributed by atoms with Gasteiger partial charge in [0.15, 0.2) is 5.82 Å². The number of carbonyl (C=O) groups is 1. The van der Waals surface area contributed by atoms with Gasteiger partial charge in [0.1, 0.15) is 11.4 Å². The number of carbonyl (C=O) groups excluding carboxylic acids is 1. The van der Waals surface area contributed by atoms with Gasteiger partial charge in [-0.15, -0.1) is 5.10 Å². The Morgan fingerprint density at radius 1 is 0.727 bits per heavy atom. The van der Waals surface area contributed by atoms with Crippen LogP contribution < -0.4 is 5.56 Å². The van der Waals surface area contributed by atoms with Crippen LogP contribution in [0, 0.1) is 6.92 Å². The summed E-state index contributed by atoms with van der Waals surface area (Å²) in [5.74, 6) is 0.903. The highest BCUT2D eigenvalue weighted by atomic mass is 16.5. The Kier molecular flexibility index (Phi) is 11.2. The second-order valence-corrected chi connectivity index (χ2v) is 13.5. The quantitative estimate of drug-likeness (QED) is 0.0821. The lowest BCUT2D eigenvalue weighted by Crippen LogP contribution is -2.39. The first-order valence-corrected chi connectivity index (χ1v) is 18.8. The molecule has 0 aliphatic carbocycles. The molecule has 55 heavy (non-hydrogen) atoms. The van der Waals surface area contributed by atoms with Crippen molar-refractivity contribution in [2.24, 2.45) is 0 Å². The van der Waals surface area contributed by atoms with Gasteiger partial charge in [-0.1, -0.05) is 153 Å². The number of hydrogen-bond donors (Lipinski definition) is 0. The van der Waals surface area contributed by atoms with Crippen LogP contribution in [0.25, 0.3) is 22.5 Å². The van der Waals surface area contributed by atoms with E-state index in [1.807, 2.05) is 83.5 Å². The standard InChI is InChI=1S/C46H44N6O3/c1-4-6-26-42-47-33(3)41(31-43(53)55-5-2)45(54)51(42)32-34-27-29-35(30-28-34)39-24-16-17-25-40(39)44-48-49-50-52(44)46(36-18-10-7-11-19-36,37-20-12-8-13-21-37)38-22-14-9-15-23-38/h7-25,27-30H,4-6,26,31-32H2,1-3H3. The van der Waals surface area contributed by atoms with Gasteiger partial charge in [-0.2, -0.15) is 0 Å². The molecule has 2 aromatic heterocycles. The Morgan fingerprint density at radius 3 is 1.85 bits per heavy atom. The second-order valence-electron chi connectivity index (χ2n) is 13.5. The summed E-state index contributed by atoms with van der Waals surface area (Å²) in [5.41, 5.74) is 6.66. The predicted molar refractivity (Wildman–Crippen MR) is 215 cm³/mol. The van der Waals surface area contributed by atoms with Crippen LogP contribution in [0.4, 0.5) is 0 Å². The highest BCUT2D eigenvalue weighted by Gasteiger charge is 2.42. The summed E-state index contributed by atoms with van der Waals surface area (Å²) in [6.07, 6.45) is 2.44. The molecular weight excluding hydrogens is 685 g/mol. The largest absolute Gasteiger partial charge is 0.466 e. The summed E-state index contributed by atoms with van der Waals surface area (Å²) >= 11 is 0. The molecule has 0 atom stereocenters. The normalized spacial score (nSPS) is 11.4. The molecule has 0 bridgehead atoms. The van der Waals surface area contributed by atoms with Crippen LogP contribution >= 0.6 is 0 Å². The lowest BCUT2D eigenvalue weighted by Gasteiger charge is -2.36.